The Labute approximate surface area is 193 Å². The van der Waals surface area contributed by atoms with Gasteiger partial charge in [0.2, 0.25) is 0 Å². The monoisotopic (exact) mass is 455 g/mol. The molecule has 10 nitrogen and oxygen atoms in total. The van der Waals surface area contributed by atoms with Gasteiger partial charge in [0, 0.05) is 11.8 Å². The Morgan fingerprint density at radius 1 is 1.18 bits per heavy atom. The number of amides is 1. The number of anilines is 1. The molecule has 4 aromatic rings. The minimum absolute atomic E-state index is 0.282. The molecule has 34 heavy (non-hydrogen) atoms. The van der Waals surface area contributed by atoms with Crippen LogP contribution in [0.1, 0.15) is 40.1 Å². The molecular formula is C24H21N7O3. The van der Waals surface area contributed by atoms with Gasteiger partial charge in [0.05, 0.1) is 30.4 Å². The number of carbonyl (C=O) groups is 1. The van der Waals surface area contributed by atoms with Crippen LogP contribution in [0.4, 0.5) is 5.69 Å². The van der Waals surface area contributed by atoms with E-state index in [1.54, 1.807) is 23.9 Å². The van der Waals surface area contributed by atoms with Gasteiger partial charge < -0.3 is 16.0 Å². The Morgan fingerprint density at radius 3 is 2.76 bits per heavy atom. The number of nitrogen functional groups attached to an aromatic ring is 1. The number of nitrogens with two attached hydrogens (primary N) is 1. The van der Waals surface area contributed by atoms with E-state index in [0.717, 1.165) is 22.3 Å². The Bertz CT molecular complexity index is 1520. The predicted octanol–water partition coefficient (Wildman–Crippen LogP) is 1.92. The smallest absolute Gasteiger partial charge is 0.326 e. The number of hydrogen-bond acceptors (Lipinski definition) is 6. The Balaban J connectivity index is 1.52. The highest BCUT2D eigenvalue weighted by molar-refractivity contribution is 5.97. The first kappa shape index (κ1) is 22.3. The average Bonchev–Trinajstić information content (AvgIpc) is 3.30. The molecule has 0 radical (unpaired) electrons. The Hall–Kier alpha value is -4.91. The van der Waals surface area contributed by atoms with Crippen LogP contribution in [0.25, 0.3) is 11.1 Å². The van der Waals surface area contributed by atoms with E-state index in [2.05, 4.69) is 21.5 Å². The summed E-state index contributed by atoms with van der Waals surface area (Å²) >= 11 is 0. The number of nitrogens with zero attached hydrogens (tertiary/aromatic N) is 3. The highest BCUT2D eigenvalue weighted by atomic mass is 16.2. The molecule has 170 valence electrons. The lowest BCUT2D eigenvalue weighted by Gasteiger charge is -2.15. The van der Waals surface area contributed by atoms with Crippen molar-refractivity contribution in [2.45, 2.75) is 19.5 Å². The van der Waals surface area contributed by atoms with Crippen molar-refractivity contribution < 1.29 is 4.79 Å². The van der Waals surface area contributed by atoms with Gasteiger partial charge in [-0.1, -0.05) is 36.4 Å². The van der Waals surface area contributed by atoms with Crippen LogP contribution in [0.2, 0.25) is 0 Å². The molecule has 0 saturated heterocycles. The van der Waals surface area contributed by atoms with Crippen molar-refractivity contribution in [2.24, 2.45) is 0 Å². The van der Waals surface area contributed by atoms with E-state index in [9.17, 15) is 19.6 Å². The summed E-state index contributed by atoms with van der Waals surface area (Å²) in [5.74, 6) is -0.664. The van der Waals surface area contributed by atoms with E-state index in [0.29, 0.717) is 12.1 Å². The number of rotatable bonds is 6. The molecule has 0 saturated carbocycles. The predicted molar refractivity (Wildman–Crippen MR) is 126 cm³/mol. The first-order chi connectivity index (χ1) is 16.4. The molecule has 0 aliphatic heterocycles. The summed E-state index contributed by atoms with van der Waals surface area (Å²) in [6.45, 7) is 2.24. The lowest BCUT2D eigenvalue weighted by molar-refractivity contribution is 0.0935. The molecule has 2 aromatic carbocycles. The lowest BCUT2D eigenvalue weighted by Crippen LogP contribution is -2.34. The maximum Gasteiger partial charge on any atom is 0.326 e. The molecule has 0 bridgehead atoms. The number of carbonyl (C=O) groups excluding carboxylic acids is 1. The third-order valence-electron chi connectivity index (χ3n) is 5.38. The van der Waals surface area contributed by atoms with E-state index >= 15 is 0 Å². The summed E-state index contributed by atoms with van der Waals surface area (Å²) in [6, 6.07) is 16.7. The van der Waals surface area contributed by atoms with E-state index in [4.69, 9.17) is 5.73 Å². The van der Waals surface area contributed by atoms with Crippen molar-refractivity contribution in [3.05, 3.63) is 104 Å². The summed E-state index contributed by atoms with van der Waals surface area (Å²) in [5, 5.41) is 16.4. The number of benzene rings is 2. The first-order valence-electron chi connectivity index (χ1n) is 10.4. The molecule has 0 aliphatic rings. The third-order valence-corrected chi connectivity index (χ3v) is 5.38. The number of H-pyrrole nitrogens is 2. The largest absolute Gasteiger partial charge is 0.392 e. The molecule has 1 atom stereocenters. The quantitative estimate of drug-likeness (QED) is 0.347. The number of nitriles is 1. The minimum atomic E-state index is -0.821. The molecule has 10 heteroatoms. The maximum absolute atomic E-state index is 12.6. The molecule has 0 aliphatic carbocycles. The number of aromatic nitrogens is 4. The van der Waals surface area contributed by atoms with Crippen LogP contribution in [-0.4, -0.2) is 25.7 Å². The zero-order valence-electron chi connectivity index (χ0n) is 18.2. The highest BCUT2D eigenvalue weighted by Crippen LogP contribution is 2.24. The van der Waals surface area contributed by atoms with Crippen LogP contribution < -0.4 is 22.3 Å². The van der Waals surface area contributed by atoms with Gasteiger partial charge in [-0.05, 0) is 35.7 Å². The average molecular weight is 455 g/mol. The second kappa shape index (κ2) is 9.30. The maximum atomic E-state index is 12.6. The molecule has 2 heterocycles. The van der Waals surface area contributed by atoms with Crippen molar-refractivity contribution >= 4 is 11.6 Å². The second-order valence-electron chi connectivity index (χ2n) is 7.71. The fraction of sp³-hybridized carbons (Fsp3) is 0.125. The zero-order valence-corrected chi connectivity index (χ0v) is 18.2. The Morgan fingerprint density at radius 2 is 1.97 bits per heavy atom. The summed E-state index contributed by atoms with van der Waals surface area (Å²) in [7, 11) is 0. The molecular weight excluding hydrogens is 434 g/mol. The van der Waals surface area contributed by atoms with Gasteiger partial charge in [-0.2, -0.15) is 10.4 Å². The molecule has 4 rings (SSSR count). The van der Waals surface area contributed by atoms with Crippen molar-refractivity contribution in [3.8, 4) is 17.2 Å². The van der Waals surface area contributed by atoms with Crippen molar-refractivity contribution in [1.82, 2.24) is 25.1 Å². The molecule has 1 unspecified atom stereocenters. The van der Waals surface area contributed by atoms with Crippen molar-refractivity contribution in [3.63, 3.8) is 0 Å². The fourth-order valence-corrected chi connectivity index (χ4v) is 3.56. The molecule has 2 aromatic heterocycles. The van der Waals surface area contributed by atoms with E-state index in [1.165, 1.54) is 0 Å². The van der Waals surface area contributed by atoms with Gasteiger partial charge >= 0.3 is 5.69 Å². The van der Waals surface area contributed by atoms with Crippen LogP contribution >= 0.6 is 0 Å². The standard InChI is InChI=1S/C24H21N7O3/c1-14(28-23(33)21-20(26)22(32)30-24(34)29-21)15-7-4-8-16(9-15)19-11-27-31(13-19)12-18-6-3-2-5-17(18)10-25/h2-9,11,13-14H,12,26H2,1H3,(H,28,33)(H2,29,30,32,34). The fourth-order valence-electron chi connectivity index (χ4n) is 3.56. The molecule has 5 N–H and O–H groups in total. The first-order valence-corrected chi connectivity index (χ1v) is 10.4. The SMILES string of the molecule is CC(NC(=O)c1[nH]c(=O)[nH]c(=O)c1N)c1cccc(-c2cnn(Cc3ccccc3C#N)c2)c1. The van der Waals surface area contributed by atoms with E-state index in [-0.39, 0.29) is 11.4 Å². The van der Waals surface area contributed by atoms with Crippen molar-refractivity contribution in [2.75, 3.05) is 5.73 Å². The van der Waals surface area contributed by atoms with Gasteiger partial charge in [-0.15, -0.1) is 0 Å². The van der Waals surface area contributed by atoms with Gasteiger partial charge in [-0.25, -0.2) is 4.79 Å². The van der Waals surface area contributed by atoms with Gasteiger partial charge in [0.25, 0.3) is 11.5 Å². The zero-order chi connectivity index (χ0) is 24.2. The number of aromatic amines is 2. The molecule has 1 amide bonds. The minimum Gasteiger partial charge on any atom is -0.392 e. The molecule has 0 fully saturated rings. The number of hydrogen-bond donors (Lipinski definition) is 4. The van der Waals surface area contributed by atoms with Crippen LogP contribution in [0.3, 0.4) is 0 Å². The lowest BCUT2D eigenvalue weighted by atomic mass is 10.0. The van der Waals surface area contributed by atoms with E-state index < -0.39 is 23.2 Å². The highest BCUT2D eigenvalue weighted by Gasteiger charge is 2.17. The van der Waals surface area contributed by atoms with Gasteiger partial charge in [-0.3, -0.25) is 19.3 Å². The molecule has 0 spiro atoms. The van der Waals surface area contributed by atoms with Crippen LogP contribution in [-0.2, 0) is 6.54 Å². The van der Waals surface area contributed by atoms with Crippen LogP contribution in [0, 0.1) is 11.3 Å². The van der Waals surface area contributed by atoms with E-state index in [1.807, 2.05) is 53.6 Å². The Kier molecular flexibility index (Phi) is 6.09. The summed E-state index contributed by atoms with van der Waals surface area (Å²) in [4.78, 5) is 40.0. The normalized spacial score (nSPS) is 11.5. The van der Waals surface area contributed by atoms with Crippen molar-refractivity contribution in [1.29, 1.82) is 5.26 Å². The summed E-state index contributed by atoms with van der Waals surface area (Å²) in [5.41, 5.74) is 7.42. The number of nitrogens with one attached hydrogen (secondary N) is 3. The topological polar surface area (TPSA) is 162 Å². The van der Waals surface area contributed by atoms with Crippen LogP contribution in [0.5, 0.6) is 0 Å². The van der Waals surface area contributed by atoms with Crippen LogP contribution in [0.15, 0.2) is 70.5 Å². The second-order valence-corrected chi connectivity index (χ2v) is 7.71. The third kappa shape index (κ3) is 4.63. The van der Waals surface area contributed by atoms with Gasteiger partial charge in [0.1, 0.15) is 11.4 Å². The summed E-state index contributed by atoms with van der Waals surface area (Å²) < 4.78 is 1.76. The summed E-state index contributed by atoms with van der Waals surface area (Å²) in [6.07, 6.45) is 3.62. The van der Waals surface area contributed by atoms with Gasteiger partial charge in [0.15, 0.2) is 0 Å².